The average Bonchev–Trinajstić information content (AvgIpc) is 3.70. The maximum atomic E-state index is 15.1. The molecule has 1 aliphatic rings. The predicted octanol–water partition coefficient (Wildman–Crippen LogP) is 4.77. The van der Waals surface area contributed by atoms with Gasteiger partial charge >= 0.3 is 0 Å². The molecule has 0 amide bonds. The smallest absolute Gasteiger partial charge is 0.262 e. The topological polar surface area (TPSA) is 87.5 Å². The van der Waals surface area contributed by atoms with Crippen molar-refractivity contribution in [1.82, 2.24) is 14.5 Å². The molecule has 5 rings (SSSR count). The molecule has 0 radical (unpaired) electrons. The third kappa shape index (κ3) is 4.37. The molecular formula is C26H25FN4O4. The van der Waals surface area contributed by atoms with Crippen molar-refractivity contribution in [2.45, 2.75) is 12.8 Å². The van der Waals surface area contributed by atoms with E-state index in [1.807, 2.05) is 0 Å². The first-order valence-electron chi connectivity index (χ1n) is 11.3. The first kappa shape index (κ1) is 22.6. The molecule has 0 aliphatic heterocycles. The minimum Gasteiger partial charge on any atom is -0.493 e. The number of nitrogens with zero attached hydrogens (tertiary/aromatic N) is 3. The molecule has 2 aromatic heterocycles. The lowest BCUT2D eigenvalue weighted by molar-refractivity contribution is 0.358. The maximum Gasteiger partial charge on any atom is 0.262 e. The summed E-state index contributed by atoms with van der Waals surface area (Å²) < 4.78 is 33.2. The second kappa shape index (κ2) is 9.25. The fraction of sp³-hybridized carbons (Fsp3) is 0.269. The zero-order valence-electron chi connectivity index (χ0n) is 19.7. The van der Waals surface area contributed by atoms with E-state index in [1.165, 1.54) is 42.8 Å². The van der Waals surface area contributed by atoms with Crippen molar-refractivity contribution in [3.05, 3.63) is 65.0 Å². The molecule has 2 aromatic carbocycles. The van der Waals surface area contributed by atoms with E-state index in [-0.39, 0.29) is 11.3 Å². The molecule has 0 bridgehead atoms. The van der Waals surface area contributed by atoms with Gasteiger partial charge in [0.05, 0.1) is 19.8 Å². The molecule has 1 saturated carbocycles. The van der Waals surface area contributed by atoms with Gasteiger partial charge in [0.1, 0.15) is 11.3 Å². The minimum absolute atomic E-state index is 0.0172. The highest BCUT2D eigenvalue weighted by Crippen LogP contribution is 2.39. The second-order valence-corrected chi connectivity index (χ2v) is 8.44. The van der Waals surface area contributed by atoms with E-state index >= 15 is 4.39 Å². The van der Waals surface area contributed by atoms with Crippen molar-refractivity contribution < 1.29 is 18.6 Å². The van der Waals surface area contributed by atoms with Crippen LogP contribution in [0.4, 0.5) is 10.3 Å². The first-order valence-corrected chi connectivity index (χ1v) is 11.3. The molecule has 0 unspecified atom stereocenters. The summed E-state index contributed by atoms with van der Waals surface area (Å²) in [6.45, 7) is 0.794. The first-order chi connectivity index (χ1) is 17.0. The minimum atomic E-state index is -0.606. The van der Waals surface area contributed by atoms with E-state index in [9.17, 15) is 4.79 Å². The third-order valence-corrected chi connectivity index (χ3v) is 6.09. The van der Waals surface area contributed by atoms with Gasteiger partial charge in [-0.3, -0.25) is 14.3 Å². The quantitative estimate of drug-likeness (QED) is 0.392. The summed E-state index contributed by atoms with van der Waals surface area (Å²) in [6, 6.07) is 9.57. The molecule has 180 valence electrons. The highest BCUT2D eigenvalue weighted by molar-refractivity contribution is 5.92. The van der Waals surface area contributed by atoms with E-state index in [1.54, 1.807) is 44.6 Å². The summed E-state index contributed by atoms with van der Waals surface area (Å²) in [5, 5.41) is 3.85. The van der Waals surface area contributed by atoms with Crippen LogP contribution in [0.1, 0.15) is 12.8 Å². The number of hydrogen-bond acceptors (Lipinski definition) is 7. The van der Waals surface area contributed by atoms with E-state index in [0.29, 0.717) is 51.1 Å². The van der Waals surface area contributed by atoms with Crippen molar-refractivity contribution in [2.24, 2.45) is 13.0 Å². The average molecular weight is 477 g/mol. The summed E-state index contributed by atoms with van der Waals surface area (Å²) in [5.74, 6) is 1.96. The molecule has 4 aromatic rings. The van der Waals surface area contributed by atoms with Crippen molar-refractivity contribution in [1.29, 1.82) is 0 Å². The summed E-state index contributed by atoms with van der Waals surface area (Å²) in [6.07, 6.45) is 5.43. The molecule has 1 fully saturated rings. The van der Waals surface area contributed by atoms with Crippen LogP contribution in [0.5, 0.6) is 23.0 Å². The third-order valence-electron chi connectivity index (χ3n) is 6.09. The van der Waals surface area contributed by atoms with Gasteiger partial charge in [0, 0.05) is 31.4 Å². The molecule has 1 aliphatic carbocycles. The zero-order valence-corrected chi connectivity index (χ0v) is 19.7. The van der Waals surface area contributed by atoms with Gasteiger partial charge in [0.2, 0.25) is 5.95 Å². The van der Waals surface area contributed by atoms with Gasteiger partial charge in [-0.1, -0.05) is 6.07 Å². The predicted molar refractivity (Wildman–Crippen MR) is 131 cm³/mol. The lowest BCUT2D eigenvalue weighted by atomic mass is 10.1. The van der Waals surface area contributed by atoms with Crippen LogP contribution in [0.25, 0.3) is 22.0 Å². The van der Waals surface area contributed by atoms with Crippen LogP contribution < -0.4 is 25.1 Å². The second-order valence-electron chi connectivity index (χ2n) is 8.44. The number of hydrogen-bond donors (Lipinski definition) is 1. The number of anilines is 1. The maximum absolute atomic E-state index is 15.1. The Kier molecular flexibility index (Phi) is 5.98. The number of aromatic nitrogens is 3. The van der Waals surface area contributed by atoms with Crippen LogP contribution in [0.3, 0.4) is 0 Å². The largest absolute Gasteiger partial charge is 0.493 e. The fourth-order valence-corrected chi connectivity index (χ4v) is 3.93. The lowest BCUT2D eigenvalue weighted by Gasteiger charge is -2.14. The van der Waals surface area contributed by atoms with Crippen molar-refractivity contribution in [2.75, 3.05) is 26.1 Å². The summed E-state index contributed by atoms with van der Waals surface area (Å²) in [4.78, 5) is 21.6. The fourth-order valence-electron chi connectivity index (χ4n) is 3.93. The van der Waals surface area contributed by atoms with Crippen LogP contribution in [0, 0.1) is 11.7 Å². The summed E-state index contributed by atoms with van der Waals surface area (Å²) in [7, 11) is 4.72. The van der Waals surface area contributed by atoms with Gasteiger partial charge in [0.15, 0.2) is 23.1 Å². The monoisotopic (exact) mass is 476 g/mol. The zero-order chi connectivity index (χ0) is 24.5. The Bertz CT molecular complexity index is 1470. The van der Waals surface area contributed by atoms with Gasteiger partial charge in [-0.2, -0.15) is 0 Å². The lowest BCUT2D eigenvalue weighted by Crippen LogP contribution is -2.24. The standard InChI is InChI=1S/C26H25FN4O4/c1-31-25(32)18(14-30-26(31)29-13-15-4-5-15)16-6-8-21(19(27)12-16)35-20-10-11-28-23-17(20)7-9-22(33-2)24(23)34-3/h6-12,14-15H,4-5,13H2,1-3H3,(H,29,30). The molecule has 0 atom stereocenters. The molecule has 2 heterocycles. The van der Waals surface area contributed by atoms with Gasteiger partial charge < -0.3 is 19.5 Å². The van der Waals surface area contributed by atoms with Crippen LogP contribution in [-0.4, -0.2) is 35.3 Å². The van der Waals surface area contributed by atoms with Gasteiger partial charge in [-0.15, -0.1) is 0 Å². The van der Waals surface area contributed by atoms with Gasteiger partial charge in [-0.25, -0.2) is 9.37 Å². The van der Waals surface area contributed by atoms with E-state index in [2.05, 4.69) is 15.3 Å². The number of ether oxygens (including phenoxy) is 3. The van der Waals surface area contributed by atoms with E-state index < -0.39 is 5.82 Å². The molecular weight excluding hydrogens is 451 g/mol. The number of fused-ring (bicyclic) bond motifs is 1. The Morgan fingerprint density at radius 1 is 1.06 bits per heavy atom. The number of nitrogens with one attached hydrogen (secondary N) is 1. The highest BCUT2D eigenvalue weighted by atomic mass is 19.1. The number of rotatable bonds is 8. The van der Waals surface area contributed by atoms with Crippen molar-refractivity contribution in [3.63, 3.8) is 0 Å². The Morgan fingerprint density at radius 3 is 2.57 bits per heavy atom. The van der Waals surface area contributed by atoms with Crippen LogP contribution in [0.15, 0.2) is 53.6 Å². The van der Waals surface area contributed by atoms with Crippen LogP contribution in [-0.2, 0) is 7.05 Å². The number of halogens is 1. The highest BCUT2D eigenvalue weighted by Gasteiger charge is 2.22. The molecule has 1 N–H and O–H groups in total. The van der Waals surface area contributed by atoms with Crippen molar-refractivity contribution in [3.8, 4) is 34.1 Å². The Labute approximate surface area is 201 Å². The number of methoxy groups -OCH3 is 2. The van der Waals surface area contributed by atoms with E-state index in [4.69, 9.17) is 14.2 Å². The number of benzene rings is 2. The number of pyridine rings is 1. The molecule has 9 heteroatoms. The Morgan fingerprint density at radius 2 is 1.86 bits per heavy atom. The molecule has 35 heavy (non-hydrogen) atoms. The summed E-state index contributed by atoms with van der Waals surface area (Å²) in [5.41, 5.74) is 1.00. The van der Waals surface area contributed by atoms with Crippen LogP contribution >= 0.6 is 0 Å². The molecule has 8 nitrogen and oxygen atoms in total. The van der Waals surface area contributed by atoms with Gasteiger partial charge in [-0.05, 0) is 54.7 Å². The van der Waals surface area contributed by atoms with E-state index in [0.717, 1.165) is 6.54 Å². The van der Waals surface area contributed by atoms with Gasteiger partial charge in [0.25, 0.3) is 5.56 Å². The molecule has 0 saturated heterocycles. The molecule has 0 spiro atoms. The summed E-state index contributed by atoms with van der Waals surface area (Å²) >= 11 is 0. The normalized spacial score (nSPS) is 13.0. The Hall–Kier alpha value is -4.14. The van der Waals surface area contributed by atoms with Crippen LogP contribution in [0.2, 0.25) is 0 Å². The SMILES string of the molecule is COc1ccc2c(Oc3ccc(-c4cnc(NCC5CC5)n(C)c4=O)cc3F)ccnc2c1OC. The van der Waals surface area contributed by atoms with Crippen molar-refractivity contribution >= 4 is 16.9 Å². The Balaban J connectivity index is 1.44.